The summed E-state index contributed by atoms with van der Waals surface area (Å²) in [4.78, 5) is 5.44. The average molecular weight is 828 g/mol. The Hall–Kier alpha value is -6.92. The van der Waals surface area contributed by atoms with E-state index in [1.807, 2.05) is 23.5 Å². The summed E-state index contributed by atoms with van der Waals surface area (Å²) in [5, 5.41) is 7.57. The second-order valence-electron chi connectivity index (χ2n) is 17.3. The van der Waals surface area contributed by atoms with Crippen molar-refractivity contribution in [2.24, 2.45) is 0 Å². The lowest BCUT2D eigenvalue weighted by molar-refractivity contribution is 0.645. The van der Waals surface area contributed by atoms with Gasteiger partial charge in [0.1, 0.15) is 0 Å². The summed E-state index contributed by atoms with van der Waals surface area (Å²) >= 11 is 3.85. The zero-order valence-corrected chi connectivity index (χ0v) is 35.7. The average Bonchev–Trinajstić information content (AvgIpc) is 4.01. The molecule has 0 N–H and O–H groups in total. The molecule has 0 bridgehead atoms. The van der Waals surface area contributed by atoms with Crippen LogP contribution in [-0.2, 0) is 5.41 Å². The fourth-order valence-electron chi connectivity index (χ4n) is 11.1. The van der Waals surface area contributed by atoms with Crippen LogP contribution >= 0.6 is 23.5 Å². The van der Waals surface area contributed by atoms with Crippen LogP contribution in [0.5, 0.6) is 0 Å². The Kier molecular flexibility index (Phi) is 7.05. The summed E-state index contributed by atoms with van der Waals surface area (Å²) in [7, 11) is 0. The summed E-state index contributed by atoms with van der Waals surface area (Å²) in [6.07, 6.45) is 0. The fourth-order valence-corrected chi connectivity index (χ4v) is 13.6. The van der Waals surface area contributed by atoms with E-state index >= 15 is 0 Å². The fraction of sp³-hybridized carbons (Fsp3) is 0.0526. The topological polar surface area (TPSA) is 14.8 Å². The molecule has 1 aliphatic carbocycles. The van der Waals surface area contributed by atoms with Crippen LogP contribution in [0.1, 0.15) is 25.0 Å². The van der Waals surface area contributed by atoms with Gasteiger partial charge in [-0.2, -0.15) is 0 Å². The molecule has 0 spiro atoms. The number of para-hydroxylation sites is 4. The number of aromatic nitrogens is 3. The van der Waals surface area contributed by atoms with Crippen molar-refractivity contribution in [2.45, 2.75) is 38.8 Å². The normalized spacial score (nSPS) is 14.0. The lowest BCUT2D eigenvalue weighted by atomic mass is 9.81. The quantitative estimate of drug-likeness (QED) is 0.176. The van der Waals surface area contributed by atoms with Crippen molar-refractivity contribution in [3.05, 3.63) is 199 Å². The molecule has 3 aromatic heterocycles. The molecule has 0 radical (unpaired) electrons. The maximum absolute atomic E-state index is 2.57. The lowest BCUT2D eigenvalue weighted by Gasteiger charge is -2.28. The van der Waals surface area contributed by atoms with Crippen LogP contribution in [0.15, 0.2) is 208 Å². The summed E-state index contributed by atoms with van der Waals surface area (Å²) in [6.45, 7) is 4.91. The van der Waals surface area contributed by atoms with Crippen molar-refractivity contribution in [1.82, 2.24) is 13.7 Å². The van der Waals surface area contributed by atoms with Crippen molar-refractivity contribution >= 4 is 88.9 Å². The smallest absolute Gasteiger partial charge is 0.0588 e. The molecule has 0 saturated carbocycles. The molecule has 12 aromatic rings. The molecule has 0 amide bonds. The van der Waals surface area contributed by atoms with Crippen LogP contribution in [0.4, 0.5) is 0 Å². The maximum Gasteiger partial charge on any atom is 0.0588 e. The van der Waals surface area contributed by atoms with E-state index in [0.29, 0.717) is 0 Å². The molecule has 4 heterocycles. The van der Waals surface area contributed by atoms with E-state index in [2.05, 4.69) is 216 Å². The van der Waals surface area contributed by atoms with Gasteiger partial charge in [-0.3, -0.25) is 0 Å². The molecule has 62 heavy (non-hydrogen) atoms. The number of benzene rings is 9. The number of fused-ring (bicyclic) bond motifs is 16. The zero-order chi connectivity index (χ0) is 40.8. The van der Waals surface area contributed by atoms with Crippen molar-refractivity contribution < 1.29 is 0 Å². The summed E-state index contributed by atoms with van der Waals surface area (Å²) in [5.41, 5.74) is 16.2. The molecule has 2 aliphatic rings. The van der Waals surface area contributed by atoms with Gasteiger partial charge < -0.3 is 13.7 Å². The van der Waals surface area contributed by atoms with Gasteiger partial charge in [0.15, 0.2) is 0 Å². The minimum atomic E-state index is -0.232. The standard InChI is InChI=1S/C57H37N3S2/c1-57(2)53-40(41-28-31-52-56(54(41)57)62-51-23-13-12-22-50(51)61-52)26-27-42-37-16-6-11-21-47(37)60(55(42)53)36-25-30-49-44(33-36)39-18-8-10-20-46(39)59(49)35-24-29-48-43(32-35)38-17-7-9-19-45(38)58(48)34-14-4-3-5-15-34/h3-33H,1-2H3. The molecule has 292 valence electrons. The van der Waals surface area contributed by atoms with Gasteiger partial charge in [-0.05, 0) is 107 Å². The molecular formula is C57H37N3S2. The first-order valence-electron chi connectivity index (χ1n) is 21.3. The van der Waals surface area contributed by atoms with Crippen molar-refractivity contribution in [2.75, 3.05) is 0 Å². The van der Waals surface area contributed by atoms with Crippen LogP contribution < -0.4 is 0 Å². The molecule has 3 nitrogen and oxygen atoms in total. The van der Waals surface area contributed by atoms with Gasteiger partial charge in [-0.25, -0.2) is 0 Å². The first kappa shape index (κ1) is 34.8. The van der Waals surface area contributed by atoms with E-state index < -0.39 is 0 Å². The number of nitrogens with zero attached hydrogens (tertiary/aromatic N) is 3. The number of rotatable bonds is 3. The Morgan fingerprint density at radius 1 is 0.339 bits per heavy atom. The third-order valence-electron chi connectivity index (χ3n) is 13.6. The van der Waals surface area contributed by atoms with Crippen molar-refractivity contribution in [3.63, 3.8) is 0 Å². The largest absolute Gasteiger partial charge is 0.309 e. The van der Waals surface area contributed by atoms with E-state index in [0.717, 1.165) is 5.69 Å². The highest BCUT2D eigenvalue weighted by Gasteiger charge is 2.42. The molecule has 9 aromatic carbocycles. The molecule has 1 aliphatic heterocycles. The third-order valence-corrected chi connectivity index (χ3v) is 16.2. The van der Waals surface area contributed by atoms with Crippen LogP contribution in [0.25, 0.3) is 93.6 Å². The monoisotopic (exact) mass is 827 g/mol. The van der Waals surface area contributed by atoms with Crippen LogP contribution in [0, 0.1) is 0 Å². The number of hydrogen-bond acceptors (Lipinski definition) is 2. The minimum absolute atomic E-state index is 0.232. The molecular weight excluding hydrogens is 791 g/mol. The Morgan fingerprint density at radius 3 is 1.48 bits per heavy atom. The minimum Gasteiger partial charge on any atom is -0.309 e. The van der Waals surface area contributed by atoms with E-state index in [4.69, 9.17) is 0 Å². The Labute approximate surface area is 366 Å². The van der Waals surface area contributed by atoms with Crippen LogP contribution in [0.2, 0.25) is 0 Å². The van der Waals surface area contributed by atoms with Gasteiger partial charge in [-0.1, -0.05) is 140 Å². The molecule has 5 heteroatoms. The molecule has 0 atom stereocenters. The van der Waals surface area contributed by atoms with Gasteiger partial charge in [-0.15, -0.1) is 0 Å². The van der Waals surface area contributed by atoms with Gasteiger partial charge >= 0.3 is 0 Å². The zero-order valence-electron chi connectivity index (χ0n) is 34.1. The molecule has 0 fully saturated rings. The molecule has 14 rings (SSSR count). The highest BCUT2D eigenvalue weighted by molar-refractivity contribution is 8.05. The van der Waals surface area contributed by atoms with E-state index in [-0.39, 0.29) is 5.41 Å². The van der Waals surface area contributed by atoms with Gasteiger partial charge in [0.25, 0.3) is 0 Å². The Morgan fingerprint density at radius 2 is 0.823 bits per heavy atom. The predicted molar refractivity (Wildman–Crippen MR) is 262 cm³/mol. The van der Waals surface area contributed by atoms with E-state index in [9.17, 15) is 0 Å². The Balaban J connectivity index is 0.991. The second kappa shape index (κ2) is 12.6. The maximum atomic E-state index is 2.57. The van der Waals surface area contributed by atoms with Crippen LogP contribution in [0.3, 0.4) is 0 Å². The first-order chi connectivity index (χ1) is 30.5. The highest BCUT2D eigenvalue weighted by Crippen LogP contribution is 2.60. The predicted octanol–water partition coefficient (Wildman–Crippen LogP) is 15.9. The van der Waals surface area contributed by atoms with E-state index in [1.165, 1.54) is 119 Å². The molecule has 0 saturated heterocycles. The third kappa shape index (κ3) is 4.59. The van der Waals surface area contributed by atoms with Crippen molar-refractivity contribution in [1.29, 1.82) is 0 Å². The highest BCUT2D eigenvalue weighted by atomic mass is 32.2. The van der Waals surface area contributed by atoms with Crippen LogP contribution in [-0.4, -0.2) is 13.7 Å². The van der Waals surface area contributed by atoms with E-state index in [1.54, 1.807) is 0 Å². The molecule has 0 unspecified atom stereocenters. The SMILES string of the molecule is CC1(C)c2c(ccc3c2Sc2ccccc2S3)-c2ccc3c4ccccc4n(-c4ccc5c(c4)c4ccccc4n5-c4ccc5c(c4)c4ccccc4n5-c4ccccc4)c3c21. The van der Waals surface area contributed by atoms with Gasteiger partial charge in [0.05, 0.1) is 33.1 Å². The number of hydrogen-bond donors (Lipinski definition) is 0. The summed E-state index contributed by atoms with van der Waals surface area (Å²) in [5.74, 6) is 0. The second-order valence-corrected chi connectivity index (χ2v) is 19.4. The van der Waals surface area contributed by atoms with Crippen molar-refractivity contribution in [3.8, 4) is 28.2 Å². The van der Waals surface area contributed by atoms with Gasteiger partial charge in [0, 0.05) is 74.4 Å². The lowest BCUT2D eigenvalue weighted by Crippen LogP contribution is -2.18. The summed E-state index contributed by atoms with van der Waals surface area (Å²) in [6, 6.07) is 69.9. The summed E-state index contributed by atoms with van der Waals surface area (Å²) < 4.78 is 7.42. The Bertz CT molecular complexity index is 3900. The van der Waals surface area contributed by atoms with Gasteiger partial charge in [0.2, 0.25) is 0 Å². The first-order valence-corrected chi connectivity index (χ1v) is 23.0.